The summed E-state index contributed by atoms with van der Waals surface area (Å²) in [6.07, 6.45) is 0. The molecular formula is C20H20N4O2. The van der Waals surface area contributed by atoms with Crippen LogP contribution in [0.5, 0.6) is 5.75 Å². The van der Waals surface area contributed by atoms with Gasteiger partial charge < -0.3 is 19.7 Å². The smallest absolute Gasteiger partial charge is 0.148 e. The number of aromatic hydroxyl groups is 1. The summed E-state index contributed by atoms with van der Waals surface area (Å²) in [7, 11) is 1.88. The SMILES string of the molecule is Cc1ccc2c(c1)nc(C1=C(O)CN(c3ccc(C)c(O)c3)C1=N)n2C. The van der Waals surface area contributed by atoms with E-state index in [1.807, 2.05) is 49.7 Å². The van der Waals surface area contributed by atoms with Crippen LogP contribution in [0.15, 0.2) is 42.2 Å². The summed E-state index contributed by atoms with van der Waals surface area (Å²) >= 11 is 0. The predicted octanol–water partition coefficient (Wildman–Crippen LogP) is 3.66. The number of rotatable bonds is 2. The second kappa shape index (κ2) is 5.62. The van der Waals surface area contributed by atoms with Gasteiger partial charge in [0, 0.05) is 18.8 Å². The van der Waals surface area contributed by atoms with Gasteiger partial charge in [-0.05, 0) is 43.2 Å². The van der Waals surface area contributed by atoms with Gasteiger partial charge >= 0.3 is 0 Å². The van der Waals surface area contributed by atoms with Crippen molar-refractivity contribution in [1.29, 1.82) is 5.41 Å². The molecule has 1 aliphatic rings. The van der Waals surface area contributed by atoms with Crippen LogP contribution in [0.2, 0.25) is 0 Å². The number of fused-ring (bicyclic) bond motifs is 1. The van der Waals surface area contributed by atoms with Gasteiger partial charge in [-0.15, -0.1) is 0 Å². The first-order valence-electron chi connectivity index (χ1n) is 8.38. The molecule has 1 aliphatic heterocycles. The highest BCUT2D eigenvalue weighted by atomic mass is 16.3. The molecule has 2 heterocycles. The minimum atomic E-state index is 0.102. The molecule has 6 nitrogen and oxygen atoms in total. The van der Waals surface area contributed by atoms with E-state index < -0.39 is 0 Å². The fourth-order valence-corrected chi connectivity index (χ4v) is 3.33. The Bertz CT molecular complexity index is 1090. The average molecular weight is 348 g/mol. The number of nitrogens with zero attached hydrogens (tertiary/aromatic N) is 3. The van der Waals surface area contributed by atoms with Crippen LogP contribution in [0.3, 0.4) is 0 Å². The second-order valence-corrected chi connectivity index (χ2v) is 6.71. The van der Waals surface area contributed by atoms with E-state index >= 15 is 0 Å². The molecule has 0 spiro atoms. The van der Waals surface area contributed by atoms with E-state index in [9.17, 15) is 10.2 Å². The minimum absolute atomic E-state index is 0.102. The Morgan fingerprint density at radius 1 is 1.08 bits per heavy atom. The first kappa shape index (κ1) is 16.2. The summed E-state index contributed by atoms with van der Waals surface area (Å²) < 4.78 is 1.89. The minimum Gasteiger partial charge on any atom is -0.509 e. The number of aryl methyl sites for hydroxylation is 3. The van der Waals surface area contributed by atoms with E-state index in [0.717, 1.165) is 22.2 Å². The summed E-state index contributed by atoms with van der Waals surface area (Å²) in [5.74, 6) is 0.999. The van der Waals surface area contributed by atoms with Gasteiger partial charge in [-0.25, -0.2) is 4.98 Å². The van der Waals surface area contributed by atoms with Crippen molar-refractivity contribution in [3.8, 4) is 5.75 Å². The van der Waals surface area contributed by atoms with Crippen molar-refractivity contribution in [2.24, 2.45) is 7.05 Å². The van der Waals surface area contributed by atoms with Crippen molar-refractivity contribution in [3.05, 3.63) is 59.1 Å². The van der Waals surface area contributed by atoms with E-state index in [2.05, 4.69) is 4.98 Å². The molecule has 0 atom stereocenters. The molecule has 26 heavy (non-hydrogen) atoms. The van der Waals surface area contributed by atoms with Crippen LogP contribution < -0.4 is 4.90 Å². The molecule has 1 aromatic heterocycles. The zero-order valence-corrected chi connectivity index (χ0v) is 14.9. The third-order valence-corrected chi connectivity index (χ3v) is 4.87. The zero-order chi connectivity index (χ0) is 18.6. The molecule has 0 fully saturated rings. The number of nitrogens with one attached hydrogen (secondary N) is 1. The second-order valence-electron chi connectivity index (χ2n) is 6.71. The third kappa shape index (κ3) is 2.34. The lowest BCUT2D eigenvalue weighted by atomic mass is 10.2. The highest BCUT2D eigenvalue weighted by Gasteiger charge is 2.32. The number of aliphatic hydroxyl groups is 1. The first-order valence-corrected chi connectivity index (χ1v) is 8.38. The molecule has 0 saturated carbocycles. The van der Waals surface area contributed by atoms with Gasteiger partial charge in [-0.2, -0.15) is 0 Å². The summed E-state index contributed by atoms with van der Waals surface area (Å²) in [6.45, 7) is 4.00. The lowest BCUT2D eigenvalue weighted by molar-refractivity contribution is 0.411. The third-order valence-electron chi connectivity index (χ3n) is 4.87. The quantitative estimate of drug-likeness (QED) is 0.660. The topological polar surface area (TPSA) is 85.4 Å². The number of aliphatic hydroxyl groups excluding tert-OH is 1. The number of hydrogen-bond donors (Lipinski definition) is 3. The molecule has 4 rings (SSSR count). The number of imidazole rings is 1. The number of amidine groups is 1. The van der Waals surface area contributed by atoms with Gasteiger partial charge in [-0.3, -0.25) is 5.41 Å². The molecule has 0 aliphatic carbocycles. The Balaban J connectivity index is 1.78. The van der Waals surface area contributed by atoms with Crippen molar-refractivity contribution in [2.45, 2.75) is 13.8 Å². The maximum Gasteiger partial charge on any atom is 0.148 e. The lowest BCUT2D eigenvalue weighted by Crippen LogP contribution is -2.26. The average Bonchev–Trinajstić information content (AvgIpc) is 3.06. The molecule has 3 N–H and O–H groups in total. The van der Waals surface area contributed by atoms with Crippen molar-refractivity contribution in [1.82, 2.24) is 9.55 Å². The maximum absolute atomic E-state index is 10.6. The molecule has 3 aromatic rings. The van der Waals surface area contributed by atoms with Crippen molar-refractivity contribution >= 4 is 28.1 Å². The van der Waals surface area contributed by atoms with Crippen LogP contribution in [-0.4, -0.2) is 32.1 Å². The molecule has 0 amide bonds. The van der Waals surface area contributed by atoms with Gasteiger partial charge in [0.15, 0.2) is 0 Å². The molecule has 0 unspecified atom stereocenters. The van der Waals surface area contributed by atoms with Crippen LogP contribution in [0.25, 0.3) is 16.6 Å². The van der Waals surface area contributed by atoms with E-state index in [1.54, 1.807) is 17.0 Å². The van der Waals surface area contributed by atoms with Crippen molar-refractivity contribution in [3.63, 3.8) is 0 Å². The number of hydrogen-bond acceptors (Lipinski definition) is 4. The highest BCUT2D eigenvalue weighted by Crippen LogP contribution is 2.33. The Morgan fingerprint density at radius 3 is 2.58 bits per heavy atom. The Morgan fingerprint density at radius 2 is 1.85 bits per heavy atom. The molecule has 0 radical (unpaired) electrons. The molecular weight excluding hydrogens is 328 g/mol. The fraction of sp³-hybridized carbons (Fsp3) is 0.200. The number of phenolic OH excluding ortho intramolecular Hbond substituents is 1. The van der Waals surface area contributed by atoms with E-state index in [1.165, 1.54) is 0 Å². The van der Waals surface area contributed by atoms with Gasteiger partial charge in [0.1, 0.15) is 23.2 Å². The van der Waals surface area contributed by atoms with E-state index in [-0.39, 0.29) is 23.9 Å². The Kier molecular flexibility index (Phi) is 3.50. The molecule has 0 saturated heterocycles. The number of benzene rings is 2. The monoisotopic (exact) mass is 348 g/mol. The van der Waals surface area contributed by atoms with Crippen LogP contribution in [0.1, 0.15) is 17.0 Å². The summed E-state index contributed by atoms with van der Waals surface area (Å²) in [6, 6.07) is 11.2. The Hall–Kier alpha value is -3.28. The standard InChI is InChI=1S/C20H20N4O2/c1-11-4-7-15-14(8-11)22-20(23(15)3)18-17(26)10-24(19(18)21)13-6-5-12(2)16(25)9-13/h4-9,21,25-26H,10H2,1-3H3. The highest BCUT2D eigenvalue weighted by molar-refractivity contribution is 6.30. The van der Waals surface area contributed by atoms with Crippen LogP contribution in [0.4, 0.5) is 5.69 Å². The summed E-state index contributed by atoms with van der Waals surface area (Å²) in [4.78, 5) is 6.31. The van der Waals surface area contributed by atoms with Crippen molar-refractivity contribution < 1.29 is 10.2 Å². The Labute approximate surface area is 151 Å². The van der Waals surface area contributed by atoms with Gasteiger partial charge in [0.25, 0.3) is 0 Å². The summed E-state index contributed by atoms with van der Waals surface area (Å²) in [5, 5.41) is 29.1. The number of anilines is 1. The first-order chi connectivity index (χ1) is 12.4. The number of phenols is 1. The molecule has 132 valence electrons. The van der Waals surface area contributed by atoms with Gasteiger partial charge in [-0.1, -0.05) is 12.1 Å². The normalized spacial score (nSPS) is 14.7. The number of aromatic nitrogens is 2. The molecule has 6 heteroatoms. The molecule has 0 bridgehead atoms. The van der Waals surface area contributed by atoms with Gasteiger partial charge in [0.2, 0.25) is 0 Å². The van der Waals surface area contributed by atoms with Gasteiger partial charge in [0.05, 0.1) is 23.2 Å². The maximum atomic E-state index is 10.6. The summed E-state index contributed by atoms with van der Waals surface area (Å²) in [5.41, 5.74) is 4.74. The van der Waals surface area contributed by atoms with Crippen LogP contribution in [-0.2, 0) is 7.05 Å². The zero-order valence-electron chi connectivity index (χ0n) is 14.9. The lowest BCUT2D eigenvalue weighted by Gasteiger charge is -2.19. The van der Waals surface area contributed by atoms with Crippen molar-refractivity contribution in [2.75, 3.05) is 11.4 Å². The van der Waals surface area contributed by atoms with E-state index in [0.29, 0.717) is 17.1 Å². The fourth-order valence-electron chi connectivity index (χ4n) is 3.33. The predicted molar refractivity (Wildman–Crippen MR) is 103 cm³/mol. The van der Waals surface area contributed by atoms with E-state index in [4.69, 9.17) is 5.41 Å². The molecule has 2 aromatic carbocycles. The van der Waals surface area contributed by atoms with Crippen LogP contribution in [0, 0.1) is 19.3 Å². The van der Waals surface area contributed by atoms with Crippen LogP contribution >= 0.6 is 0 Å². The largest absolute Gasteiger partial charge is 0.509 e.